The van der Waals surface area contributed by atoms with Crippen molar-refractivity contribution in [1.29, 1.82) is 0 Å². The van der Waals surface area contributed by atoms with Crippen LogP contribution >= 0.6 is 0 Å². The van der Waals surface area contributed by atoms with Crippen molar-refractivity contribution in [3.8, 4) is 34.5 Å². The molecule has 0 bridgehead atoms. The van der Waals surface area contributed by atoms with Crippen molar-refractivity contribution >= 4 is 12.2 Å². The molecule has 3 heteroatoms. The summed E-state index contributed by atoms with van der Waals surface area (Å²) in [7, 11) is 1.67. The van der Waals surface area contributed by atoms with Gasteiger partial charge in [0.2, 0.25) is 0 Å². The Morgan fingerprint density at radius 2 is 1.31 bits per heavy atom. The summed E-state index contributed by atoms with van der Waals surface area (Å²) in [5.41, 5.74) is 7.03. The SMILES string of the molecule is COc1ccc(C=Cc2cc(-c3ccc(C#Cc4ccccc4)cc3)nn2-c2ccccc2)cc1. The minimum atomic E-state index is 0.843. The zero-order chi connectivity index (χ0) is 23.9. The molecule has 0 aliphatic carbocycles. The topological polar surface area (TPSA) is 27.1 Å². The molecule has 168 valence electrons. The summed E-state index contributed by atoms with van der Waals surface area (Å²) < 4.78 is 7.23. The lowest BCUT2D eigenvalue weighted by molar-refractivity contribution is 0.415. The van der Waals surface area contributed by atoms with E-state index in [1.54, 1.807) is 7.11 Å². The lowest BCUT2D eigenvalue weighted by atomic mass is 10.1. The van der Waals surface area contributed by atoms with Crippen LogP contribution < -0.4 is 4.74 Å². The Kier molecular flexibility index (Phi) is 6.55. The number of aromatic nitrogens is 2. The maximum atomic E-state index is 5.26. The minimum Gasteiger partial charge on any atom is -0.497 e. The van der Waals surface area contributed by atoms with E-state index in [1.165, 1.54) is 0 Å². The van der Waals surface area contributed by atoms with E-state index >= 15 is 0 Å². The first-order valence-corrected chi connectivity index (χ1v) is 11.4. The zero-order valence-corrected chi connectivity index (χ0v) is 19.4. The van der Waals surface area contributed by atoms with Crippen LogP contribution in [0.1, 0.15) is 22.4 Å². The number of benzene rings is 4. The van der Waals surface area contributed by atoms with Crippen molar-refractivity contribution in [3.05, 3.63) is 138 Å². The fourth-order valence-electron chi connectivity index (χ4n) is 3.72. The molecule has 1 aromatic heterocycles. The molecule has 0 aliphatic heterocycles. The molecule has 0 N–H and O–H groups in total. The third kappa shape index (κ3) is 5.40. The van der Waals surface area contributed by atoms with Gasteiger partial charge >= 0.3 is 0 Å². The van der Waals surface area contributed by atoms with E-state index in [0.29, 0.717) is 0 Å². The first-order valence-electron chi connectivity index (χ1n) is 11.4. The molecule has 0 amide bonds. The fourth-order valence-corrected chi connectivity index (χ4v) is 3.72. The predicted octanol–water partition coefficient (Wildman–Crippen LogP) is 7.12. The number of para-hydroxylation sites is 1. The lowest BCUT2D eigenvalue weighted by Crippen LogP contribution is -1.98. The summed E-state index contributed by atoms with van der Waals surface area (Å²) in [5.74, 6) is 7.28. The van der Waals surface area contributed by atoms with Crippen LogP contribution in [0.3, 0.4) is 0 Å². The van der Waals surface area contributed by atoms with Crippen LogP contribution in [0.15, 0.2) is 115 Å². The Bertz CT molecular complexity index is 1490. The van der Waals surface area contributed by atoms with E-state index in [1.807, 2.05) is 89.6 Å². The molecule has 5 rings (SSSR count). The Morgan fingerprint density at radius 3 is 1.97 bits per heavy atom. The molecule has 0 saturated carbocycles. The first kappa shape index (κ1) is 22.0. The summed E-state index contributed by atoms with van der Waals surface area (Å²) >= 11 is 0. The largest absolute Gasteiger partial charge is 0.497 e. The lowest BCUT2D eigenvalue weighted by Gasteiger charge is -2.04. The summed E-state index contributed by atoms with van der Waals surface area (Å²) in [4.78, 5) is 0. The highest BCUT2D eigenvalue weighted by molar-refractivity contribution is 5.72. The van der Waals surface area contributed by atoms with E-state index in [2.05, 4.69) is 54.3 Å². The molecule has 1 heterocycles. The van der Waals surface area contributed by atoms with Gasteiger partial charge in [0.1, 0.15) is 5.75 Å². The van der Waals surface area contributed by atoms with Crippen LogP contribution in [0.5, 0.6) is 5.75 Å². The second-order valence-electron chi connectivity index (χ2n) is 8.00. The average molecular weight is 453 g/mol. The third-order valence-corrected chi connectivity index (χ3v) is 5.61. The van der Waals surface area contributed by atoms with Crippen LogP contribution in [-0.2, 0) is 0 Å². The maximum Gasteiger partial charge on any atom is 0.118 e. The highest BCUT2D eigenvalue weighted by Gasteiger charge is 2.09. The Labute approximate surface area is 206 Å². The van der Waals surface area contributed by atoms with Gasteiger partial charge in [-0.1, -0.05) is 78.6 Å². The van der Waals surface area contributed by atoms with Gasteiger partial charge in [-0.05, 0) is 66.2 Å². The summed E-state index contributed by atoms with van der Waals surface area (Å²) in [6, 6.07) is 38.5. The predicted molar refractivity (Wildman–Crippen MR) is 143 cm³/mol. The van der Waals surface area contributed by atoms with Gasteiger partial charge in [-0.15, -0.1) is 0 Å². The van der Waals surface area contributed by atoms with Gasteiger partial charge in [-0.25, -0.2) is 4.68 Å². The first-order chi connectivity index (χ1) is 17.3. The van der Waals surface area contributed by atoms with Gasteiger partial charge < -0.3 is 4.74 Å². The molecular formula is C32H24N2O. The molecule has 0 radical (unpaired) electrons. The molecule has 0 spiro atoms. The molecule has 0 aliphatic rings. The molecule has 0 fully saturated rings. The van der Waals surface area contributed by atoms with Crippen molar-refractivity contribution in [1.82, 2.24) is 9.78 Å². The van der Waals surface area contributed by atoms with Gasteiger partial charge in [0.15, 0.2) is 0 Å². The number of hydrogen-bond donors (Lipinski definition) is 0. The van der Waals surface area contributed by atoms with E-state index in [9.17, 15) is 0 Å². The summed E-state index contributed by atoms with van der Waals surface area (Å²) in [6.45, 7) is 0. The van der Waals surface area contributed by atoms with Gasteiger partial charge in [0, 0.05) is 16.7 Å². The molecule has 0 atom stereocenters. The van der Waals surface area contributed by atoms with Crippen LogP contribution in [0, 0.1) is 11.8 Å². The number of hydrogen-bond acceptors (Lipinski definition) is 2. The van der Waals surface area contributed by atoms with Crippen LogP contribution in [-0.4, -0.2) is 16.9 Å². The van der Waals surface area contributed by atoms with Gasteiger partial charge in [-0.3, -0.25) is 0 Å². The van der Waals surface area contributed by atoms with Crippen molar-refractivity contribution in [2.24, 2.45) is 0 Å². The van der Waals surface area contributed by atoms with Crippen molar-refractivity contribution < 1.29 is 4.74 Å². The normalized spacial score (nSPS) is 10.7. The molecule has 35 heavy (non-hydrogen) atoms. The highest BCUT2D eigenvalue weighted by atomic mass is 16.5. The highest BCUT2D eigenvalue weighted by Crippen LogP contribution is 2.24. The molecule has 0 unspecified atom stereocenters. The van der Waals surface area contributed by atoms with Gasteiger partial charge in [0.25, 0.3) is 0 Å². The number of rotatable bonds is 5. The Morgan fingerprint density at radius 1 is 0.686 bits per heavy atom. The molecule has 4 aromatic carbocycles. The monoisotopic (exact) mass is 452 g/mol. The second-order valence-corrected chi connectivity index (χ2v) is 8.00. The Balaban J connectivity index is 1.45. The fraction of sp³-hybridized carbons (Fsp3) is 0.0312. The molecular weight excluding hydrogens is 428 g/mol. The standard InChI is InChI=1S/C32H24N2O/c1-35-31-22-17-27(18-23-31)16-21-30-24-32(33-34(30)29-10-6-3-7-11-29)28-19-14-26(15-20-28)13-12-25-8-4-2-5-9-25/h2-11,14-24H,1H3. The Hall–Kier alpha value is -4.81. The maximum absolute atomic E-state index is 5.26. The van der Waals surface area contributed by atoms with E-state index in [4.69, 9.17) is 9.84 Å². The van der Waals surface area contributed by atoms with E-state index in [-0.39, 0.29) is 0 Å². The zero-order valence-electron chi connectivity index (χ0n) is 19.4. The quantitative estimate of drug-likeness (QED) is 0.266. The molecule has 3 nitrogen and oxygen atoms in total. The van der Waals surface area contributed by atoms with Crippen molar-refractivity contribution in [2.45, 2.75) is 0 Å². The van der Waals surface area contributed by atoms with Crippen LogP contribution in [0.25, 0.3) is 29.1 Å². The average Bonchev–Trinajstić information content (AvgIpc) is 3.37. The second kappa shape index (κ2) is 10.4. The van der Waals surface area contributed by atoms with Gasteiger partial charge in [0.05, 0.1) is 24.2 Å². The summed E-state index contributed by atoms with van der Waals surface area (Å²) in [6.07, 6.45) is 4.17. The van der Waals surface area contributed by atoms with Crippen LogP contribution in [0.2, 0.25) is 0 Å². The molecule has 5 aromatic rings. The smallest absolute Gasteiger partial charge is 0.118 e. The van der Waals surface area contributed by atoms with E-state index < -0.39 is 0 Å². The minimum absolute atomic E-state index is 0.843. The molecule has 0 saturated heterocycles. The number of ether oxygens (including phenoxy) is 1. The number of methoxy groups -OCH3 is 1. The third-order valence-electron chi connectivity index (χ3n) is 5.61. The van der Waals surface area contributed by atoms with E-state index in [0.717, 1.165) is 45.1 Å². The number of nitrogens with zero attached hydrogens (tertiary/aromatic N) is 2. The summed E-state index contributed by atoms with van der Waals surface area (Å²) in [5, 5.41) is 4.92. The van der Waals surface area contributed by atoms with Crippen molar-refractivity contribution in [3.63, 3.8) is 0 Å². The van der Waals surface area contributed by atoms with Crippen LogP contribution in [0.4, 0.5) is 0 Å². The van der Waals surface area contributed by atoms with Crippen molar-refractivity contribution in [2.75, 3.05) is 7.11 Å². The van der Waals surface area contributed by atoms with Gasteiger partial charge in [-0.2, -0.15) is 5.10 Å².